The van der Waals surface area contributed by atoms with Crippen LogP contribution in [0.15, 0.2) is 30.3 Å². The lowest BCUT2D eigenvalue weighted by Crippen LogP contribution is -2.04. The third kappa shape index (κ3) is 3.51. The number of methoxy groups -OCH3 is 3. The lowest BCUT2D eigenvalue weighted by Gasteiger charge is -2.16. The molecule has 0 heterocycles. The molecule has 6 heteroatoms. The van der Waals surface area contributed by atoms with Crippen LogP contribution in [0.5, 0.6) is 17.2 Å². The highest BCUT2D eigenvalue weighted by Crippen LogP contribution is 2.40. The van der Waals surface area contributed by atoms with Crippen LogP contribution in [0, 0.1) is 0 Å². The summed E-state index contributed by atoms with van der Waals surface area (Å²) in [5, 5.41) is 4.41. The van der Waals surface area contributed by atoms with E-state index < -0.39 is 0 Å². The summed E-state index contributed by atoms with van der Waals surface area (Å²) in [6.07, 6.45) is 0. The Bertz CT molecular complexity index is 662. The van der Waals surface area contributed by atoms with Gasteiger partial charge in [0.15, 0.2) is 11.5 Å². The van der Waals surface area contributed by atoms with Crippen molar-refractivity contribution in [2.75, 3.05) is 26.6 Å². The maximum Gasteiger partial charge on any atom is 0.203 e. The maximum absolute atomic E-state index is 6.15. The van der Waals surface area contributed by atoms with E-state index in [0.29, 0.717) is 33.8 Å². The quantitative estimate of drug-likeness (QED) is 0.831. The molecule has 0 atom stereocenters. The molecule has 2 rings (SSSR count). The first-order valence-electron chi connectivity index (χ1n) is 6.57. The standard InChI is InChI=1S/C16H17Cl2NO3/c1-20-14-7-4-10(15(21-2)16(14)22-3)9-19-13-6-5-11(17)8-12(13)18/h4-8,19H,9H2,1-3H3. The van der Waals surface area contributed by atoms with Gasteiger partial charge >= 0.3 is 0 Å². The van der Waals surface area contributed by atoms with Gasteiger partial charge in [-0.2, -0.15) is 0 Å². The van der Waals surface area contributed by atoms with Crippen LogP contribution >= 0.6 is 23.2 Å². The highest BCUT2D eigenvalue weighted by atomic mass is 35.5. The van der Waals surface area contributed by atoms with Crippen LogP contribution in [0.1, 0.15) is 5.56 Å². The van der Waals surface area contributed by atoms with Gasteiger partial charge in [-0.1, -0.05) is 23.2 Å². The van der Waals surface area contributed by atoms with Crippen molar-refractivity contribution < 1.29 is 14.2 Å². The normalized spacial score (nSPS) is 10.2. The van der Waals surface area contributed by atoms with Crippen LogP contribution in [0.3, 0.4) is 0 Å². The van der Waals surface area contributed by atoms with E-state index >= 15 is 0 Å². The third-order valence-corrected chi connectivity index (χ3v) is 3.73. The van der Waals surface area contributed by atoms with Crippen molar-refractivity contribution in [1.29, 1.82) is 0 Å². The van der Waals surface area contributed by atoms with Gasteiger partial charge in [0, 0.05) is 17.1 Å². The zero-order valence-corrected chi connectivity index (χ0v) is 14.1. The molecule has 0 saturated heterocycles. The van der Waals surface area contributed by atoms with E-state index in [1.165, 1.54) is 0 Å². The molecule has 1 N–H and O–H groups in total. The van der Waals surface area contributed by atoms with E-state index in [1.54, 1.807) is 33.5 Å². The summed E-state index contributed by atoms with van der Waals surface area (Å²) in [7, 11) is 4.76. The van der Waals surface area contributed by atoms with Gasteiger partial charge in [0.1, 0.15) is 0 Å². The fourth-order valence-corrected chi connectivity index (χ4v) is 2.60. The van der Waals surface area contributed by atoms with Gasteiger partial charge in [-0.05, 0) is 30.3 Å². The molecule has 0 unspecified atom stereocenters. The van der Waals surface area contributed by atoms with Crippen LogP contribution in [0.2, 0.25) is 10.0 Å². The molecular formula is C16H17Cl2NO3. The van der Waals surface area contributed by atoms with Crippen molar-refractivity contribution in [3.05, 3.63) is 45.9 Å². The summed E-state index contributed by atoms with van der Waals surface area (Å²) in [4.78, 5) is 0. The number of hydrogen-bond acceptors (Lipinski definition) is 4. The van der Waals surface area contributed by atoms with Gasteiger partial charge < -0.3 is 19.5 Å². The minimum Gasteiger partial charge on any atom is -0.493 e. The van der Waals surface area contributed by atoms with Crippen molar-refractivity contribution in [2.24, 2.45) is 0 Å². The van der Waals surface area contributed by atoms with E-state index in [0.717, 1.165) is 11.3 Å². The molecule has 0 radical (unpaired) electrons. The number of hydrogen-bond donors (Lipinski definition) is 1. The zero-order valence-electron chi connectivity index (χ0n) is 12.6. The third-order valence-electron chi connectivity index (χ3n) is 3.19. The lowest BCUT2D eigenvalue weighted by atomic mass is 10.1. The Labute approximate surface area is 139 Å². The number of rotatable bonds is 6. The van der Waals surface area contributed by atoms with E-state index in [2.05, 4.69) is 5.32 Å². The van der Waals surface area contributed by atoms with Gasteiger partial charge in [-0.3, -0.25) is 0 Å². The van der Waals surface area contributed by atoms with Crippen LogP contribution in [-0.2, 0) is 6.54 Å². The summed E-state index contributed by atoms with van der Waals surface area (Å²) in [5.41, 5.74) is 1.72. The summed E-state index contributed by atoms with van der Waals surface area (Å²) in [6, 6.07) is 9.05. The first-order chi connectivity index (χ1) is 10.6. The van der Waals surface area contributed by atoms with Gasteiger partial charge in [0.05, 0.1) is 32.0 Å². The first-order valence-corrected chi connectivity index (χ1v) is 7.33. The van der Waals surface area contributed by atoms with Crippen molar-refractivity contribution in [3.63, 3.8) is 0 Å². The molecule has 0 saturated carbocycles. The Hall–Kier alpha value is -1.78. The second-order valence-corrected chi connectivity index (χ2v) is 5.31. The van der Waals surface area contributed by atoms with Crippen molar-refractivity contribution in [2.45, 2.75) is 6.54 Å². The fourth-order valence-electron chi connectivity index (χ4n) is 2.13. The zero-order chi connectivity index (χ0) is 16.1. The predicted molar refractivity (Wildman–Crippen MR) is 89.9 cm³/mol. The number of benzene rings is 2. The monoisotopic (exact) mass is 341 g/mol. The Morgan fingerprint density at radius 2 is 1.64 bits per heavy atom. The fraction of sp³-hybridized carbons (Fsp3) is 0.250. The van der Waals surface area contributed by atoms with E-state index in [-0.39, 0.29) is 0 Å². The van der Waals surface area contributed by atoms with Crippen molar-refractivity contribution in [1.82, 2.24) is 0 Å². The van der Waals surface area contributed by atoms with Crippen LogP contribution < -0.4 is 19.5 Å². The summed E-state index contributed by atoms with van der Waals surface area (Å²) in [5.74, 6) is 1.80. The number of nitrogens with one attached hydrogen (secondary N) is 1. The first kappa shape index (κ1) is 16.6. The molecule has 2 aromatic rings. The minimum absolute atomic E-state index is 0.519. The molecule has 0 aromatic heterocycles. The number of ether oxygens (including phenoxy) is 3. The second kappa shape index (κ2) is 7.47. The maximum atomic E-state index is 6.15. The molecule has 0 aliphatic rings. The molecule has 0 aliphatic carbocycles. The summed E-state index contributed by atoms with van der Waals surface area (Å²) >= 11 is 12.0. The largest absolute Gasteiger partial charge is 0.493 e. The average Bonchev–Trinajstić information content (AvgIpc) is 2.52. The lowest BCUT2D eigenvalue weighted by molar-refractivity contribution is 0.322. The molecule has 0 spiro atoms. The predicted octanol–water partition coefficient (Wildman–Crippen LogP) is 4.63. The number of anilines is 1. The molecule has 0 aliphatic heterocycles. The van der Waals surface area contributed by atoms with E-state index in [4.69, 9.17) is 37.4 Å². The summed E-state index contributed by atoms with van der Waals surface area (Å²) in [6.45, 7) is 0.519. The van der Waals surface area contributed by atoms with E-state index in [1.807, 2.05) is 18.2 Å². The molecule has 4 nitrogen and oxygen atoms in total. The molecule has 0 fully saturated rings. The Kier molecular flexibility index (Phi) is 5.63. The highest BCUT2D eigenvalue weighted by Gasteiger charge is 2.15. The molecule has 0 bridgehead atoms. The molecular weight excluding hydrogens is 325 g/mol. The minimum atomic E-state index is 0.519. The topological polar surface area (TPSA) is 39.7 Å². The second-order valence-electron chi connectivity index (χ2n) is 4.47. The van der Waals surface area contributed by atoms with Crippen LogP contribution in [0.4, 0.5) is 5.69 Å². The highest BCUT2D eigenvalue weighted by molar-refractivity contribution is 6.36. The van der Waals surface area contributed by atoms with Crippen molar-refractivity contribution >= 4 is 28.9 Å². The van der Waals surface area contributed by atoms with Gasteiger partial charge in [-0.25, -0.2) is 0 Å². The van der Waals surface area contributed by atoms with Crippen LogP contribution in [-0.4, -0.2) is 21.3 Å². The smallest absolute Gasteiger partial charge is 0.203 e. The Morgan fingerprint density at radius 3 is 2.23 bits per heavy atom. The summed E-state index contributed by atoms with van der Waals surface area (Å²) < 4.78 is 16.1. The Morgan fingerprint density at radius 1 is 0.909 bits per heavy atom. The average molecular weight is 342 g/mol. The molecule has 0 amide bonds. The molecule has 2 aromatic carbocycles. The number of halogens is 2. The SMILES string of the molecule is COc1ccc(CNc2ccc(Cl)cc2Cl)c(OC)c1OC. The van der Waals surface area contributed by atoms with Gasteiger partial charge in [-0.15, -0.1) is 0 Å². The van der Waals surface area contributed by atoms with Crippen molar-refractivity contribution in [3.8, 4) is 17.2 Å². The van der Waals surface area contributed by atoms with Gasteiger partial charge in [0.2, 0.25) is 5.75 Å². The van der Waals surface area contributed by atoms with Crippen LogP contribution in [0.25, 0.3) is 0 Å². The molecule has 118 valence electrons. The molecule has 22 heavy (non-hydrogen) atoms. The van der Waals surface area contributed by atoms with Gasteiger partial charge in [0.25, 0.3) is 0 Å². The van der Waals surface area contributed by atoms with E-state index in [9.17, 15) is 0 Å². The Balaban J connectivity index is 2.26.